The van der Waals surface area contributed by atoms with E-state index in [4.69, 9.17) is 14.6 Å². The maximum absolute atomic E-state index is 8.89. The van der Waals surface area contributed by atoms with E-state index in [1.54, 1.807) is 6.08 Å². The van der Waals surface area contributed by atoms with Crippen molar-refractivity contribution in [2.45, 2.75) is 25.9 Å². The molecule has 0 aliphatic heterocycles. The Morgan fingerprint density at radius 3 is 2.85 bits per heavy atom. The highest BCUT2D eigenvalue weighted by molar-refractivity contribution is 4.65. The van der Waals surface area contributed by atoms with E-state index in [1.165, 1.54) is 0 Å². The highest BCUT2D eigenvalue weighted by Gasteiger charge is 2.06. The van der Waals surface area contributed by atoms with Crippen molar-refractivity contribution in [2.24, 2.45) is 0 Å². The molecule has 0 saturated carbocycles. The summed E-state index contributed by atoms with van der Waals surface area (Å²) in [5.41, 5.74) is 0. The van der Waals surface area contributed by atoms with Crippen LogP contribution in [0.4, 0.5) is 0 Å². The van der Waals surface area contributed by atoms with Gasteiger partial charge in [0.15, 0.2) is 0 Å². The normalized spacial score (nSPS) is 12.8. The molecule has 0 aromatic rings. The summed E-state index contributed by atoms with van der Waals surface area (Å²) in [5.74, 6) is 0. The molecule has 0 aliphatic carbocycles. The average molecular weight is 188 g/mol. The van der Waals surface area contributed by atoms with Gasteiger partial charge < -0.3 is 14.6 Å². The average Bonchev–Trinajstić information content (AvgIpc) is 2.16. The summed E-state index contributed by atoms with van der Waals surface area (Å²) in [4.78, 5) is 0. The monoisotopic (exact) mass is 188 g/mol. The first-order chi connectivity index (χ1) is 6.35. The van der Waals surface area contributed by atoms with Crippen LogP contribution in [0.3, 0.4) is 0 Å². The predicted octanol–water partition coefficient (Wildman–Crippen LogP) is 1.37. The van der Waals surface area contributed by atoms with Gasteiger partial charge in [-0.1, -0.05) is 19.4 Å². The molecule has 0 saturated heterocycles. The molecule has 0 amide bonds. The number of ether oxygens (including phenoxy) is 2. The Morgan fingerprint density at radius 1 is 1.54 bits per heavy atom. The zero-order chi connectivity index (χ0) is 9.94. The first-order valence-electron chi connectivity index (χ1n) is 4.76. The molecule has 0 rings (SSSR count). The van der Waals surface area contributed by atoms with Crippen LogP contribution in [0.2, 0.25) is 0 Å². The molecule has 0 bridgehead atoms. The van der Waals surface area contributed by atoms with Gasteiger partial charge in [-0.15, -0.1) is 6.58 Å². The second-order valence-electron chi connectivity index (χ2n) is 2.86. The van der Waals surface area contributed by atoms with Gasteiger partial charge in [0.05, 0.1) is 19.8 Å². The van der Waals surface area contributed by atoms with Crippen LogP contribution in [0.25, 0.3) is 0 Å². The molecule has 0 aromatic heterocycles. The van der Waals surface area contributed by atoms with Crippen LogP contribution in [0.1, 0.15) is 19.8 Å². The molecule has 13 heavy (non-hydrogen) atoms. The zero-order valence-corrected chi connectivity index (χ0v) is 8.37. The molecule has 0 radical (unpaired) electrons. The quantitative estimate of drug-likeness (QED) is 0.438. The van der Waals surface area contributed by atoms with Gasteiger partial charge in [-0.2, -0.15) is 0 Å². The summed E-state index contributed by atoms with van der Waals surface area (Å²) >= 11 is 0. The molecule has 1 unspecified atom stereocenters. The number of hydrogen-bond donors (Lipinski definition) is 1. The molecule has 0 spiro atoms. The van der Waals surface area contributed by atoms with Crippen LogP contribution in [0.15, 0.2) is 12.7 Å². The van der Waals surface area contributed by atoms with Gasteiger partial charge in [-0.3, -0.25) is 0 Å². The van der Waals surface area contributed by atoms with Crippen LogP contribution in [0, 0.1) is 0 Å². The molecule has 78 valence electrons. The fourth-order valence-electron chi connectivity index (χ4n) is 0.831. The van der Waals surface area contributed by atoms with Crippen molar-refractivity contribution < 1.29 is 14.6 Å². The van der Waals surface area contributed by atoms with Gasteiger partial charge >= 0.3 is 0 Å². The standard InChI is InChI=1S/C10H20O3/c1-3-5-7-13-10(8-11)9-12-6-4-2/h4,10-11H,2-3,5-9H2,1H3. The van der Waals surface area contributed by atoms with Crippen molar-refractivity contribution in [3.8, 4) is 0 Å². The lowest BCUT2D eigenvalue weighted by Crippen LogP contribution is -2.24. The van der Waals surface area contributed by atoms with Gasteiger partial charge in [0, 0.05) is 6.61 Å². The van der Waals surface area contributed by atoms with Crippen molar-refractivity contribution in [1.82, 2.24) is 0 Å². The van der Waals surface area contributed by atoms with E-state index in [0.29, 0.717) is 19.8 Å². The number of rotatable bonds is 9. The van der Waals surface area contributed by atoms with E-state index >= 15 is 0 Å². The molecule has 0 fully saturated rings. The van der Waals surface area contributed by atoms with Crippen LogP contribution >= 0.6 is 0 Å². The zero-order valence-electron chi connectivity index (χ0n) is 8.37. The predicted molar refractivity (Wildman–Crippen MR) is 52.7 cm³/mol. The highest BCUT2D eigenvalue weighted by atomic mass is 16.5. The smallest absolute Gasteiger partial charge is 0.104 e. The fraction of sp³-hybridized carbons (Fsp3) is 0.800. The van der Waals surface area contributed by atoms with E-state index in [0.717, 1.165) is 12.8 Å². The molecule has 3 nitrogen and oxygen atoms in total. The Balaban J connectivity index is 3.33. The van der Waals surface area contributed by atoms with E-state index in [1.807, 2.05) is 0 Å². The fourth-order valence-corrected chi connectivity index (χ4v) is 0.831. The summed E-state index contributed by atoms with van der Waals surface area (Å²) in [6, 6.07) is 0. The van der Waals surface area contributed by atoms with Gasteiger partial charge in [-0.25, -0.2) is 0 Å². The third-order valence-electron chi connectivity index (χ3n) is 1.59. The van der Waals surface area contributed by atoms with E-state index in [-0.39, 0.29) is 12.7 Å². The Labute approximate surface area is 80.4 Å². The van der Waals surface area contributed by atoms with Gasteiger partial charge in [0.1, 0.15) is 6.10 Å². The number of unbranched alkanes of at least 4 members (excludes halogenated alkanes) is 1. The summed E-state index contributed by atoms with van der Waals surface area (Å²) in [6.45, 7) is 7.29. The maximum atomic E-state index is 8.89. The lowest BCUT2D eigenvalue weighted by atomic mass is 10.3. The molecule has 1 N–H and O–H groups in total. The Kier molecular flexibility index (Phi) is 9.42. The number of aliphatic hydroxyl groups excluding tert-OH is 1. The molecule has 0 heterocycles. The molecular formula is C10H20O3. The van der Waals surface area contributed by atoms with Crippen LogP contribution < -0.4 is 0 Å². The number of hydrogen-bond acceptors (Lipinski definition) is 3. The second-order valence-corrected chi connectivity index (χ2v) is 2.86. The van der Waals surface area contributed by atoms with Gasteiger partial charge in [-0.05, 0) is 6.42 Å². The van der Waals surface area contributed by atoms with Crippen molar-refractivity contribution in [3.05, 3.63) is 12.7 Å². The minimum Gasteiger partial charge on any atom is -0.394 e. The third-order valence-corrected chi connectivity index (χ3v) is 1.59. The summed E-state index contributed by atoms with van der Waals surface area (Å²) in [6.07, 6.45) is 3.62. The lowest BCUT2D eigenvalue weighted by Gasteiger charge is -2.14. The van der Waals surface area contributed by atoms with Crippen molar-refractivity contribution in [1.29, 1.82) is 0 Å². The molecule has 3 heteroatoms. The summed E-state index contributed by atoms with van der Waals surface area (Å²) in [5, 5.41) is 8.89. The summed E-state index contributed by atoms with van der Waals surface area (Å²) < 4.78 is 10.5. The first kappa shape index (κ1) is 12.6. The van der Waals surface area contributed by atoms with Gasteiger partial charge in [0.2, 0.25) is 0 Å². The molecule has 0 aromatic carbocycles. The Morgan fingerprint density at radius 2 is 2.31 bits per heavy atom. The molecular weight excluding hydrogens is 168 g/mol. The lowest BCUT2D eigenvalue weighted by molar-refractivity contribution is -0.0379. The first-order valence-corrected chi connectivity index (χ1v) is 4.76. The highest BCUT2D eigenvalue weighted by Crippen LogP contribution is 1.96. The van der Waals surface area contributed by atoms with Crippen molar-refractivity contribution in [2.75, 3.05) is 26.4 Å². The summed E-state index contributed by atoms with van der Waals surface area (Å²) in [7, 11) is 0. The van der Waals surface area contributed by atoms with Crippen molar-refractivity contribution >= 4 is 0 Å². The van der Waals surface area contributed by atoms with E-state index < -0.39 is 0 Å². The maximum Gasteiger partial charge on any atom is 0.104 e. The minimum absolute atomic E-state index is 0.0147. The largest absolute Gasteiger partial charge is 0.394 e. The van der Waals surface area contributed by atoms with Crippen LogP contribution in [-0.4, -0.2) is 37.6 Å². The van der Waals surface area contributed by atoms with E-state index in [9.17, 15) is 0 Å². The van der Waals surface area contributed by atoms with Crippen LogP contribution in [0.5, 0.6) is 0 Å². The number of aliphatic hydroxyl groups is 1. The Bertz CT molecular complexity index is 115. The van der Waals surface area contributed by atoms with Gasteiger partial charge in [0.25, 0.3) is 0 Å². The molecule has 1 atom stereocenters. The molecule has 0 aliphatic rings. The van der Waals surface area contributed by atoms with Crippen molar-refractivity contribution in [3.63, 3.8) is 0 Å². The topological polar surface area (TPSA) is 38.7 Å². The Hall–Kier alpha value is -0.380. The van der Waals surface area contributed by atoms with Crippen LogP contribution in [-0.2, 0) is 9.47 Å². The second kappa shape index (κ2) is 9.71. The third kappa shape index (κ3) is 7.96. The van der Waals surface area contributed by atoms with E-state index in [2.05, 4.69) is 13.5 Å². The SMILES string of the molecule is C=CCOCC(CO)OCCCC. The minimum atomic E-state index is -0.188.